The van der Waals surface area contributed by atoms with Crippen molar-refractivity contribution in [2.24, 2.45) is 0 Å². The number of aliphatic hydroxyl groups excluding tert-OH is 1. The van der Waals surface area contributed by atoms with Crippen LogP contribution < -0.4 is 0 Å². The molecule has 2 heteroatoms. The molecule has 1 saturated heterocycles. The highest BCUT2D eigenvalue weighted by atomic mass is 16.6. The van der Waals surface area contributed by atoms with Gasteiger partial charge in [-0.05, 0) is 55.6 Å². The van der Waals surface area contributed by atoms with E-state index in [0.717, 1.165) is 12.8 Å². The fourth-order valence-electron chi connectivity index (χ4n) is 1.20. The molecule has 0 spiro atoms. The van der Waals surface area contributed by atoms with Gasteiger partial charge >= 0.3 is 0 Å². The summed E-state index contributed by atoms with van der Waals surface area (Å²) < 4.78 is 5.34. The van der Waals surface area contributed by atoms with Crippen LogP contribution in [0.25, 0.3) is 0 Å². The molecule has 1 aliphatic rings. The van der Waals surface area contributed by atoms with Crippen molar-refractivity contribution in [1.82, 2.24) is 0 Å². The lowest BCUT2D eigenvalue weighted by Gasteiger charge is -1.87. The zero-order valence-electron chi connectivity index (χ0n) is 9.29. The van der Waals surface area contributed by atoms with E-state index in [-0.39, 0.29) is 18.8 Å². The summed E-state index contributed by atoms with van der Waals surface area (Å²) in [7, 11) is 0. The second kappa shape index (κ2) is 7.61. The van der Waals surface area contributed by atoms with Gasteiger partial charge in [-0.25, -0.2) is 0 Å². The van der Waals surface area contributed by atoms with E-state index in [9.17, 15) is 0 Å². The summed E-state index contributed by atoms with van der Waals surface area (Å²) in [5.41, 5.74) is 0. The average Bonchev–Trinajstić information content (AvgIpc) is 3.04. The molecule has 82 valence electrons. The molecule has 1 heterocycles. The molecule has 0 aromatic carbocycles. The third-order valence-corrected chi connectivity index (χ3v) is 2.02. The van der Waals surface area contributed by atoms with Gasteiger partial charge in [0.05, 0.1) is 6.10 Å². The van der Waals surface area contributed by atoms with Gasteiger partial charge in [-0.2, -0.15) is 0 Å². The fraction of sp³-hybridized carbons (Fsp3) is 0.429. The van der Waals surface area contributed by atoms with Crippen molar-refractivity contribution in [3.8, 4) is 35.5 Å². The summed E-state index contributed by atoms with van der Waals surface area (Å²) in [6.45, 7) is 1.96. The van der Waals surface area contributed by atoms with Gasteiger partial charge in [-0.15, -0.1) is 0 Å². The molecule has 0 saturated carbocycles. The number of ether oxygens (including phenoxy) is 1. The molecule has 2 atom stereocenters. The molecule has 1 rings (SSSR count). The molecule has 0 amide bonds. The normalized spacial score (nSPS) is 21.1. The first-order valence-corrected chi connectivity index (χ1v) is 5.23. The summed E-state index contributed by atoms with van der Waals surface area (Å²) in [6, 6.07) is 0. The minimum absolute atomic E-state index is 0.171. The highest BCUT2D eigenvalue weighted by Crippen LogP contribution is 2.27. The Hall–Kier alpha value is -1.66. The molecule has 16 heavy (non-hydrogen) atoms. The lowest BCUT2D eigenvalue weighted by atomic mass is 10.2. The highest BCUT2D eigenvalue weighted by molar-refractivity contribution is 5.37. The summed E-state index contributed by atoms with van der Waals surface area (Å²) in [4.78, 5) is 0. The Labute approximate surface area is 96.7 Å². The van der Waals surface area contributed by atoms with Gasteiger partial charge in [0.25, 0.3) is 0 Å². The summed E-state index contributed by atoms with van der Waals surface area (Å²) in [5, 5.41) is 8.62. The minimum Gasteiger partial charge on any atom is -0.396 e. The molecule has 0 unspecified atom stereocenters. The molecule has 0 aromatic rings. The summed E-state index contributed by atoms with van der Waals surface area (Å²) in [6.07, 6.45) is 5.80. The Kier molecular flexibility index (Phi) is 5.90. The van der Waals surface area contributed by atoms with Crippen LogP contribution in [0.15, 0.2) is 12.2 Å². The Morgan fingerprint density at radius 3 is 2.81 bits per heavy atom. The first-order chi connectivity index (χ1) is 7.88. The van der Waals surface area contributed by atoms with Gasteiger partial charge in [0, 0.05) is 6.61 Å². The maximum Gasteiger partial charge on any atom is 0.103 e. The van der Waals surface area contributed by atoms with Gasteiger partial charge in [0.2, 0.25) is 0 Å². The van der Waals surface area contributed by atoms with Crippen LogP contribution in [0.3, 0.4) is 0 Å². The van der Waals surface area contributed by atoms with Crippen molar-refractivity contribution in [1.29, 1.82) is 0 Å². The van der Waals surface area contributed by atoms with Gasteiger partial charge in [-0.3, -0.25) is 0 Å². The number of hydrogen-bond donors (Lipinski definition) is 1. The number of aliphatic hydroxyl groups is 1. The highest BCUT2D eigenvalue weighted by Gasteiger charge is 2.35. The van der Waals surface area contributed by atoms with Crippen LogP contribution in [0.4, 0.5) is 0 Å². The molecule has 1 aliphatic heterocycles. The Balaban J connectivity index is 2.19. The van der Waals surface area contributed by atoms with Gasteiger partial charge in [0.15, 0.2) is 0 Å². The van der Waals surface area contributed by atoms with Gasteiger partial charge in [-0.1, -0.05) is 11.8 Å². The molecular formula is C14H14O2. The predicted octanol–water partition coefficient (Wildman–Crippen LogP) is 1.11. The third-order valence-electron chi connectivity index (χ3n) is 2.02. The third kappa shape index (κ3) is 5.28. The molecular weight excluding hydrogens is 200 g/mol. The van der Waals surface area contributed by atoms with Crippen molar-refractivity contribution in [2.45, 2.75) is 32.0 Å². The Bertz CT molecular complexity index is 415. The van der Waals surface area contributed by atoms with Crippen LogP contribution in [0.1, 0.15) is 19.8 Å². The smallest absolute Gasteiger partial charge is 0.103 e. The van der Waals surface area contributed by atoms with E-state index < -0.39 is 0 Å². The number of hydrogen-bond acceptors (Lipinski definition) is 2. The standard InChI is InChI=1S/C14H14O2/c1-2-3-4-5-6-7-8-10-13-14(16-13)11-9-12-15/h8,10,13-15H,9,11-12H2,1H3/b10-8+/t13-,14-/m1/s1. The SMILES string of the molecule is CC#CC#CC#C/C=C/[C@H]1O[C@@H]1CCCO. The number of allylic oxidation sites excluding steroid dienone is 1. The molecule has 1 fully saturated rings. The lowest BCUT2D eigenvalue weighted by Crippen LogP contribution is -1.92. The topological polar surface area (TPSA) is 32.8 Å². The molecule has 1 N–H and O–H groups in total. The van der Waals surface area contributed by atoms with E-state index >= 15 is 0 Å². The summed E-state index contributed by atoms with van der Waals surface area (Å²) >= 11 is 0. The van der Waals surface area contributed by atoms with Crippen LogP contribution >= 0.6 is 0 Å². The largest absolute Gasteiger partial charge is 0.396 e. The van der Waals surface area contributed by atoms with E-state index in [1.807, 2.05) is 6.08 Å². The van der Waals surface area contributed by atoms with Crippen molar-refractivity contribution in [3.63, 3.8) is 0 Å². The molecule has 0 aromatic heterocycles. The van der Waals surface area contributed by atoms with Crippen LogP contribution in [0.5, 0.6) is 0 Å². The van der Waals surface area contributed by atoms with Crippen LogP contribution in [0, 0.1) is 35.5 Å². The van der Waals surface area contributed by atoms with Crippen molar-refractivity contribution < 1.29 is 9.84 Å². The van der Waals surface area contributed by atoms with Crippen molar-refractivity contribution in [3.05, 3.63) is 12.2 Å². The average molecular weight is 214 g/mol. The number of epoxide rings is 1. The van der Waals surface area contributed by atoms with Crippen LogP contribution in [-0.4, -0.2) is 23.9 Å². The van der Waals surface area contributed by atoms with E-state index in [2.05, 4.69) is 35.5 Å². The molecule has 2 nitrogen and oxygen atoms in total. The Morgan fingerprint density at radius 1 is 1.25 bits per heavy atom. The first kappa shape index (κ1) is 12.4. The van der Waals surface area contributed by atoms with Gasteiger partial charge < -0.3 is 9.84 Å². The zero-order chi connectivity index (χ0) is 11.6. The fourth-order valence-corrected chi connectivity index (χ4v) is 1.20. The van der Waals surface area contributed by atoms with Crippen LogP contribution in [0.2, 0.25) is 0 Å². The van der Waals surface area contributed by atoms with E-state index in [1.54, 1.807) is 13.0 Å². The molecule has 0 radical (unpaired) electrons. The minimum atomic E-state index is 0.171. The first-order valence-electron chi connectivity index (χ1n) is 5.23. The second-order valence-electron chi connectivity index (χ2n) is 3.26. The molecule has 0 aliphatic carbocycles. The van der Waals surface area contributed by atoms with E-state index in [0.29, 0.717) is 0 Å². The monoisotopic (exact) mass is 214 g/mol. The van der Waals surface area contributed by atoms with E-state index in [4.69, 9.17) is 9.84 Å². The second-order valence-corrected chi connectivity index (χ2v) is 3.26. The quantitative estimate of drug-likeness (QED) is 0.561. The van der Waals surface area contributed by atoms with Crippen LogP contribution in [-0.2, 0) is 4.74 Å². The van der Waals surface area contributed by atoms with Crippen molar-refractivity contribution >= 4 is 0 Å². The van der Waals surface area contributed by atoms with Crippen molar-refractivity contribution in [2.75, 3.05) is 6.61 Å². The van der Waals surface area contributed by atoms with E-state index in [1.165, 1.54) is 0 Å². The Morgan fingerprint density at radius 2 is 2.06 bits per heavy atom. The maximum absolute atomic E-state index is 8.62. The zero-order valence-corrected chi connectivity index (χ0v) is 9.29. The predicted molar refractivity (Wildman–Crippen MR) is 63.1 cm³/mol. The molecule has 0 bridgehead atoms. The van der Waals surface area contributed by atoms with Gasteiger partial charge in [0.1, 0.15) is 6.10 Å². The lowest BCUT2D eigenvalue weighted by molar-refractivity contribution is 0.273. The maximum atomic E-state index is 8.62. The summed E-state index contributed by atoms with van der Waals surface area (Å²) in [5.74, 6) is 15.9. The number of rotatable bonds is 4.